The van der Waals surface area contributed by atoms with E-state index in [4.69, 9.17) is 4.74 Å². The van der Waals surface area contributed by atoms with E-state index in [1.165, 1.54) is 0 Å². The van der Waals surface area contributed by atoms with Crippen LogP contribution in [0.3, 0.4) is 0 Å². The first kappa shape index (κ1) is 13.8. The number of ether oxygens (including phenoxy) is 1. The van der Waals surface area contributed by atoms with E-state index < -0.39 is 5.41 Å². The minimum absolute atomic E-state index is 0.0420. The first-order valence-corrected chi connectivity index (χ1v) is 6.83. The third-order valence-electron chi connectivity index (χ3n) is 3.82. The molecule has 1 aromatic rings. The maximum atomic E-state index is 12.6. The van der Waals surface area contributed by atoms with Crippen molar-refractivity contribution in [2.45, 2.75) is 45.1 Å². The normalized spacial score (nSPS) is 26.5. The summed E-state index contributed by atoms with van der Waals surface area (Å²) in [6, 6.07) is 9.29. The second kappa shape index (κ2) is 5.16. The van der Waals surface area contributed by atoms with E-state index in [1.54, 1.807) is 0 Å². The van der Waals surface area contributed by atoms with Gasteiger partial charge in [-0.15, -0.1) is 0 Å². The zero-order valence-corrected chi connectivity index (χ0v) is 11.7. The van der Waals surface area contributed by atoms with Crippen LogP contribution in [0.5, 0.6) is 0 Å². The fraction of sp³-hybridized carbons (Fsp3) is 0.500. The quantitative estimate of drug-likeness (QED) is 0.617. The smallest absolute Gasteiger partial charge is 0.324 e. The van der Waals surface area contributed by atoms with Gasteiger partial charge in [-0.1, -0.05) is 51.1 Å². The van der Waals surface area contributed by atoms with Gasteiger partial charge >= 0.3 is 5.97 Å². The number of hydrogen-bond donors (Lipinski definition) is 0. The van der Waals surface area contributed by atoms with E-state index >= 15 is 0 Å². The number of ketones is 1. The highest BCUT2D eigenvalue weighted by Gasteiger charge is 2.55. The fourth-order valence-corrected chi connectivity index (χ4v) is 2.74. The second-order valence-electron chi connectivity index (χ2n) is 5.43. The average Bonchev–Trinajstić information content (AvgIpc) is 2.77. The van der Waals surface area contributed by atoms with Gasteiger partial charge in [-0.25, -0.2) is 0 Å². The van der Waals surface area contributed by atoms with Gasteiger partial charge in [0.1, 0.15) is 6.10 Å². The van der Waals surface area contributed by atoms with Crippen molar-refractivity contribution >= 4 is 11.8 Å². The van der Waals surface area contributed by atoms with Gasteiger partial charge in [-0.05, 0) is 12.0 Å². The molecule has 1 heterocycles. The summed E-state index contributed by atoms with van der Waals surface area (Å²) in [6.45, 7) is 5.64. The minimum Gasteiger partial charge on any atom is -0.461 e. The van der Waals surface area contributed by atoms with Gasteiger partial charge < -0.3 is 4.74 Å². The van der Waals surface area contributed by atoms with Crippen LogP contribution in [0.1, 0.15) is 39.2 Å². The lowest BCUT2D eigenvalue weighted by molar-refractivity contribution is -0.149. The zero-order chi connectivity index (χ0) is 14.0. The van der Waals surface area contributed by atoms with Crippen molar-refractivity contribution in [1.82, 2.24) is 0 Å². The van der Waals surface area contributed by atoms with Gasteiger partial charge in [-0.3, -0.25) is 9.59 Å². The Morgan fingerprint density at radius 2 is 2.00 bits per heavy atom. The topological polar surface area (TPSA) is 43.4 Å². The predicted molar refractivity (Wildman–Crippen MR) is 72.8 cm³/mol. The van der Waals surface area contributed by atoms with E-state index in [2.05, 4.69) is 0 Å². The Balaban J connectivity index is 2.52. The molecular weight excluding hydrogens is 240 g/mol. The van der Waals surface area contributed by atoms with Crippen LogP contribution in [0.2, 0.25) is 0 Å². The zero-order valence-electron chi connectivity index (χ0n) is 11.7. The van der Waals surface area contributed by atoms with E-state index in [-0.39, 0.29) is 23.8 Å². The largest absolute Gasteiger partial charge is 0.461 e. The van der Waals surface area contributed by atoms with Crippen molar-refractivity contribution in [2.24, 2.45) is 5.92 Å². The molecule has 1 fully saturated rings. The summed E-state index contributed by atoms with van der Waals surface area (Å²) in [7, 11) is 0. The summed E-state index contributed by atoms with van der Waals surface area (Å²) >= 11 is 0. The average molecular weight is 260 g/mol. The van der Waals surface area contributed by atoms with Gasteiger partial charge in [0, 0.05) is 12.3 Å². The summed E-state index contributed by atoms with van der Waals surface area (Å²) in [6.07, 6.45) is 1.05. The monoisotopic (exact) mass is 260 g/mol. The van der Waals surface area contributed by atoms with Crippen LogP contribution in [0.15, 0.2) is 30.3 Å². The lowest BCUT2D eigenvalue weighted by Crippen LogP contribution is -2.43. The van der Waals surface area contributed by atoms with E-state index in [0.29, 0.717) is 6.42 Å². The maximum Gasteiger partial charge on any atom is 0.324 e. The SMILES string of the molecule is CC[C@H]1C[C@@](C(=O)C(C)C)(c2ccccc2)C(=O)O1. The Bertz CT molecular complexity index is 478. The lowest BCUT2D eigenvalue weighted by atomic mass is 9.71. The molecule has 1 aliphatic heterocycles. The van der Waals surface area contributed by atoms with Crippen molar-refractivity contribution in [3.8, 4) is 0 Å². The van der Waals surface area contributed by atoms with Crippen molar-refractivity contribution in [3.63, 3.8) is 0 Å². The molecule has 0 saturated carbocycles. The number of esters is 1. The number of hydrogen-bond acceptors (Lipinski definition) is 3. The molecule has 0 aromatic heterocycles. The molecule has 1 aliphatic rings. The van der Waals surface area contributed by atoms with Crippen LogP contribution in [-0.2, 0) is 19.7 Å². The molecule has 0 amide bonds. The summed E-state index contributed by atoms with van der Waals surface area (Å²) in [4.78, 5) is 25.0. The van der Waals surface area contributed by atoms with Gasteiger partial charge in [-0.2, -0.15) is 0 Å². The summed E-state index contributed by atoms with van der Waals surface area (Å²) in [5.41, 5.74) is -0.342. The Kier molecular flexibility index (Phi) is 3.74. The molecular formula is C16H20O3. The second-order valence-corrected chi connectivity index (χ2v) is 5.43. The van der Waals surface area contributed by atoms with Crippen LogP contribution in [0.4, 0.5) is 0 Å². The first-order valence-electron chi connectivity index (χ1n) is 6.83. The molecule has 0 N–H and O–H groups in total. The van der Waals surface area contributed by atoms with Crippen LogP contribution in [0, 0.1) is 5.92 Å². The van der Waals surface area contributed by atoms with Gasteiger partial charge in [0.05, 0.1) is 0 Å². The maximum absolute atomic E-state index is 12.6. The summed E-state index contributed by atoms with van der Waals surface area (Å²) in [5, 5.41) is 0. The number of cyclic esters (lactones) is 1. The standard InChI is InChI=1S/C16H20O3/c1-4-13-10-16(15(18)19-13,14(17)11(2)3)12-8-6-5-7-9-12/h5-9,11,13H,4,10H2,1-3H3/t13-,16-/m0/s1. The van der Waals surface area contributed by atoms with Crippen LogP contribution >= 0.6 is 0 Å². The molecule has 2 atom stereocenters. The van der Waals surface area contributed by atoms with Gasteiger partial charge in [0.2, 0.25) is 0 Å². The molecule has 2 rings (SSSR count). The third kappa shape index (κ3) is 2.18. The molecule has 0 unspecified atom stereocenters. The molecule has 102 valence electrons. The summed E-state index contributed by atoms with van der Waals surface area (Å²) < 4.78 is 5.39. The van der Waals surface area contributed by atoms with Crippen molar-refractivity contribution in [2.75, 3.05) is 0 Å². The molecule has 19 heavy (non-hydrogen) atoms. The van der Waals surface area contributed by atoms with Crippen molar-refractivity contribution in [3.05, 3.63) is 35.9 Å². The Labute approximate surface area is 114 Å². The predicted octanol–water partition coefficient (Wildman–Crippen LogP) is 2.88. The molecule has 1 aromatic carbocycles. The van der Waals surface area contributed by atoms with Crippen LogP contribution in [-0.4, -0.2) is 17.9 Å². The molecule has 0 bridgehead atoms. The Morgan fingerprint density at radius 3 is 2.47 bits per heavy atom. The molecule has 1 saturated heterocycles. The van der Waals surface area contributed by atoms with Crippen LogP contribution in [0.25, 0.3) is 0 Å². The Hall–Kier alpha value is -1.64. The summed E-state index contributed by atoms with van der Waals surface area (Å²) in [5.74, 6) is -0.618. The molecule has 0 spiro atoms. The van der Waals surface area contributed by atoms with Crippen molar-refractivity contribution in [1.29, 1.82) is 0 Å². The highest BCUT2D eigenvalue weighted by molar-refractivity contribution is 6.11. The molecule has 0 radical (unpaired) electrons. The number of carbonyl (C=O) groups excluding carboxylic acids is 2. The highest BCUT2D eigenvalue weighted by Crippen LogP contribution is 2.41. The van der Waals surface area contributed by atoms with Gasteiger partial charge in [0.25, 0.3) is 0 Å². The number of carbonyl (C=O) groups is 2. The van der Waals surface area contributed by atoms with Crippen molar-refractivity contribution < 1.29 is 14.3 Å². The van der Waals surface area contributed by atoms with Crippen LogP contribution < -0.4 is 0 Å². The molecule has 0 aliphatic carbocycles. The number of rotatable bonds is 4. The van der Waals surface area contributed by atoms with E-state index in [0.717, 1.165) is 12.0 Å². The number of Topliss-reactive ketones (excluding diaryl/α,β-unsaturated/α-hetero) is 1. The lowest BCUT2D eigenvalue weighted by Gasteiger charge is -2.25. The Morgan fingerprint density at radius 1 is 1.37 bits per heavy atom. The fourth-order valence-electron chi connectivity index (χ4n) is 2.74. The highest BCUT2D eigenvalue weighted by atomic mass is 16.6. The first-order chi connectivity index (χ1) is 9.02. The van der Waals surface area contributed by atoms with E-state index in [9.17, 15) is 9.59 Å². The van der Waals surface area contributed by atoms with Gasteiger partial charge in [0.15, 0.2) is 11.2 Å². The molecule has 3 nitrogen and oxygen atoms in total. The minimum atomic E-state index is -1.10. The third-order valence-corrected chi connectivity index (χ3v) is 3.82. The van der Waals surface area contributed by atoms with E-state index in [1.807, 2.05) is 51.1 Å². The molecule has 3 heteroatoms. The number of benzene rings is 1.